The van der Waals surface area contributed by atoms with Gasteiger partial charge in [0.15, 0.2) is 6.10 Å². The summed E-state index contributed by atoms with van der Waals surface area (Å²) >= 11 is 0. The maximum atomic E-state index is 12.3. The van der Waals surface area contributed by atoms with E-state index in [-0.39, 0.29) is 5.91 Å². The third-order valence-corrected chi connectivity index (χ3v) is 3.92. The van der Waals surface area contributed by atoms with Crippen molar-refractivity contribution in [3.8, 4) is 11.5 Å². The largest absolute Gasteiger partial charge is 0.491 e. The zero-order valence-electron chi connectivity index (χ0n) is 15.5. The van der Waals surface area contributed by atoms with Crippen molar-refractivity contribution in [3.05, 3.63) is 59.2 Å². The number of hydrogen-bond acceptors (Lipinski definition) is 3. The molecule has 0 fully saturated rings. The lowest BCUT2D eigenvalue weighted by atomic mass is 10.1. The van der Waals surface area contributed by atoms with Gasteiger partial charge in [-0.15, -0.1) is 0 Å². The van der Waals surface area contributed by atoms with Crippen LogP contribution in [0.4, 0.5) is 0 Å². The van der Waals surface area contributed by atoms with Gasteiger partial charge in [0.25, 0.3) is 5.91 Å². The molecule has 0 spiro atoms. The quantitative estimate of drug-likeness (QED) is 0.739. The molecule has 1 amide bonds. The van der Waals surface area contributed by atoms with Gasteiger partial charge in [-0.1, -0.05) is 36.8 Å². The average molecular weight is 341 g/mol. The first-order valence-corrected chi connectivity index (χ1v) is 8.70. The summed E-state index contributed by atoms with van der Waals surface area (Å²) in [5.74, 6) is 1.45. The van der Waals surface area contributed by atoms with E-state index in [0.717, 1.165) is 16.9 Å². The Morgan fingerprint density at radius 3 is 2.52 bits per heavy atom. The molecule has 4 nitrogen and oxygen atoms in total. The minimum absolute atomic E-state index is 0.117. The monoisotopic (exact) mass is 341 g/mol. The number of benzene rings is 2. The molecule has 0 aliphatic heterocycles. The molecule has 2 rings (SSSR count). The van der Waals surface area contributed by atoms with E-state index in [1.807, 2.05) is 57.2 Å². The molecule has 1 N–H and O–H groups in total. The minimum atomic E-state index is -0.497. The fourth-order valence-electron chi connectivity index (χ4n) is 2.59. The summed E-state index contributed by atoms with van der Waals surface area (Å²) in [4.78, 5) is 12.3. The molecule has 0 bridgehead atoms. The Balaban J connectivity index is 1.79. The Hall–Kier alpha value is -2.49. The molecule has 0 saturated heterocycles. The number of carbonyl (C=O) groups excluding carboxylic acids is 1. The SMILES string of the molecule is CC[C@H](Oc1cccc(C)c1)C(=O)NCCOc1ccc(C)cc1C. The van der Waals surface area contributed by atoms with E-state index in [2.05, 4.69) is 18.3 Å². The maximum Gasteiger partial charge on any atom is 0.261 e. The van der Waals surface area contributed by atoms with Gasteiger partial charge in [-0.3, -0.25) is 4.79 Å². The number of ether oxygens (including phenoxy) is 2. The molecule has 0 saturated carbocycles. The van der Waals surface area contributed by atoms with Crippen LogP contribution in [-0.2, 0) is 4.79 Å². The van der Waals surface area contributed by atoms with Crippen LogP contribution in [0.2, 0.25) is 0 Å². The molecule has 134 valence electrons. The predicted octanol–water partition coefficient (Wildman–Crippen LogP) is 3.96. The van der Waals surface area contributed by atoms with Crippen LogP contribution < -0.4 is 14.8 Å². The van der Waals surface area contributed by atoms with Crippen molar-refractivity contribution in [2.24, 2.45) is 0 Å². The summed E-state index contributed by atoms with van der Waals surface area (Å²) in [6.07, 6.45) is 0.112. The highest BCUT2D eigenvalue weighted by Gasteiger charge is 2.17. The summed E-state index contributed by atoms with van der Waals surface area (Å²) in [5, 5.41) is 2.88. The number of hydrogen-bond donors (Lipinski definition) is 1. The second kappa shape index (κ2) is 9.11. The van der Waals surface area contributed by atoms with Gasteiger partial charge in [0.05, 0.1) is 6.54 Å². The number of rotatable bonds is 8. The van der Waals surface area contributed by atoms with Gasteiger partial charge >= 0.3 is 0 Å². The van der Waals surface area contributed by atoms with E-state index in [1.54, 1.807) is 0 Å². The number of nitrogens with one attached hydrogen (secondary N) is 1. The van der Waals surface area contributed by atoms with E-state index in [4.69, 9.17) is 9.47 Å². The van der Waals surface area contributed by atoms with E-state index in [9.17, 15) is 4.79 Å². The zero-order chi connectivity index (χ0) is 18.2. The Morgan fingerprint density at radius 1 is 1.08 bits per heavy atom. The third-order valence-electron chi connectivity index (χ3n) is 3.92. The van der Waals surface area contributed by atoms with Crippen LogP contribution in [0, 0.1) is 20.8 Å². The van der Waals surface area contributed by atoms with Gasteiger partial charge in [0.2, 0.25) is 0 Å². The van der Waals surface area contributed by atoms with Crippen LogP contribution in [0.25, 0.3) is 0 Å². The minimum Gasteiger partial charge on any atom is -0.491 e. The van der Waals surface area contributed by atoms with Crippen molar-refractivity contribution in [2.75, 3.05) is 13.2 Å². The predicted molar refractivity (Wildman–Crippen MR) is 100 cm³/mol. The third kappa shape index (κ3) is 5.82. The number of aryl methyl sites for hydroxylation is 3. The first kappa shape index (κ1) is 18.8. The molecule has 25 heavy (non-hydrogen) atoms. The lowest BCUT2D eigenvalue weighted by Gasteiger charge is -2.18. The maximum absolute atomic E-state index is 12.3. The van der Waals surface area contributed by atoms with Crippen LogP contribution in [0.15, 0.2) is 42.5 Å². The van der Waals surface area contributed by atoms with E-state index in [1.165, 1.54) is 5.56 Å². The fourth-order valence-corrected chi connectivity index (χ4v) is 2.59. The highest BCUT2D eigenvalue weighted by Crippen LogP contribution is 2.18. The molecule has 4 heteroatoms. The topological polar surface area (TPSA) is 47.6 Å². The van der Waals surface area contributed by atoms with Crippen molar-refractivity contribution in [2.45, 2.75) is 40.2 Å². The van der Waals surface area contributed by atoms with Crippen LogP contribution >= 0.6 is 0 Å². The van der Waals surface area contributed by atoms with E-state index >= 15 is 0 Å². The Morgan fingerprint density at radius 2 is 1.84 bits per heavy atom. The van der Waals surface area contributed by atoms with Crippen molar-refractivity contribution >= 4 is 5.91 Å². The van der Waals surface area contributed by atoms with E-state index in [0.29, 0.717) is 25.3 Å². The average Bonchev–Trinajstić information content (AvgIpc) is 2.58. The molecule has 1 atom stereocenters. The number of carbonyl (C=O) groups is 1. The highest BCUT2D eigenvalue weighted by atomic mass is 16.5. The molecular formula is C21H27NO3. The lowest BCUT2D eigenvalue weighted by molar-refractivity contribution is -0.128. The van der Waals surface area contributed by atoms with Crippen molar-refractivity contribution in [1.82, 2.24) is 5.32 Å². The van der Waals surface area contributed by atoms with Crippen molar-refractivity contribution in [3.63, 3.8) is 0 Å². The summed E-state index contributed by atoms with van der Waals surface area (Å²) in [5.41, 5.74) is 3.41. The van der Waals surface area contributed by atoms with Crippen LogP contribution in [0.3, 0.4) is 0 Å². The van der Waals surface area contributed by atoms with Crippen molar-refractivity contribution in [1.29, 1.82) is 0 Å². The summed E-state index contributed by atoms with van der Waals surface area (Å²) in [6, 6.07) is 13.8. The number of amides is 1. The molecule has 0 radical (unpaired) electrons. The van der Waals surface area contributed by atoms with Gasteiger partial charge in [0.1, 0.15) is 18.1 Å². The normalized spacial score (nSPS) is 11.7. The summed E-state index contributed by atoms with van der Waals surface area (Å²) in [6.45, 7) is 8.88. The van der Waals surface area contributed by atoms with Gasteiger partial charge in [0, 0.05) is 0 Å². The second-order valence-electron chi connectivity index (χ2n) is 6.24. The summed E-state index contributed by atoms with van der Waals surface area (Å²) in [7, 11) is 0. The fraction of sp³-hybridized carbons (Fsp3) is 0.381. The molecular weight excluding hydrogens is 314 g/mol. The zero-order valence-corrected chi connectivity index (χ0v) is 15.5. The standard InChI is InChI=1S/C21H27NO3/c1-5-19(25-18-8-6-7-15(2)14-18)21(23)22-11-12-24-20-10-9-16(3)13-17(20)4/h6-10,13-14,19H,5,11-12H2,1-4H3,(H,22,23)/t19-/m0/s1. The smallest absolute Gasteiger partial charge is 0.261 e. The molecule has 0 aliphatic carbocycles. The molecule has 0 aromatic heterocycles. The van der Waals surface area contributed by atoms with Gasteiger partial charge in [-0.2, -0.15) is 0 Å². The van der Waals surface area contributed by atoms with Crippen molar-refractivity contribution < 1.29 is 14.3 Å². The Bertz CT molecular complexity index is 712. The van der Waals surface area contributed by atoms with Gasteiger partial charge in [-0.05, 0) is 56.5 Å². The first-order chi connectivity index (χ1) is 12.0. The lowest BCUT2D eigenvalue weighted by Crippen LogP contribution is -2.39. The second-order valence-corrected chi connectivity index (χ2v) is 6.24. The summed E-state index contributed by atoms with van der Waals surface area (Å²) < 4.78 is 11.5. The molecule has 0 aliphatic rings. The molecule has 2 aromatic carbocycles. The molecule has 2 aromatic rings. The van der Waals surface area contributed by atoms with Crippen LogP contribution in [0.1, 0.15) is 30.0 Å². The molecule has 0 heterocycles. The van der Waals surface area contributed by atoms with Crippen LogP contribution in [0.5, 0.6) is 11.5 Å². The van der Waals surface area contributed by atoms with Crippen LogP contribution in [-0.4, -0.2) is 25.2 Å². The van der Waals surface area contributed by atoms with Gasteiger partial charge < -0.3 is 14.8 Å². The van der Waals surface area contributed by atoms with E-state index < -0.39 is 6.10 Å². The Kier molecular flexibility index (Phi) is 6.87. The molecule has 0 unspecified atom stereocenters. The Labute approximate surface area is 150 Å². The first-order valence-electron chi connectivity index (χ1n) is 8.70. The van der Waals surface area contributed by atoms with Gasteiger partial charge in [-0.25, -0.2) is 0 Å². The highest BCUT2D eigenvalue weighted by molar-refractivity contribution is 5.81.